The van der Waals surface area contributed by atoms with Crippen molar-refractivity contribution in [2.24, 2.45) is 0 Å². The highest BCUT2D eigenvalue weighted by atomic mass is 32.1. The molecule has 2 saturated heterocycles. The van der Waals surface area contributed by atoms with E-state index in [9.17, 15) is 0 Å². The molecule has 4 fully saturated rings. The number of hydrogen-bond acceptors (Lipinski definition) is 4. The summed E-state index contributed by atoms with van der Waals surface area (Å²) in [7, 11) is -1.16. The molecular weight excluding hydrogens is 533 g/mol. The molecule has 4 heterocycles. The molecule has 4 atom stereocenters. The monoisotopic (exact) mass is 578 g/mol. The van der Waals surface area contributed by atoms with E-state index < -0.39 is 8.07 Å². The molecule has 8 rings (SSSR count). The normalized spacial score (nSPS) is 24.6. The quantitative estimate of drug-likeness (QED) is 0.178. The highest BCUT2D eigenvalue weighted by Crippen LogP contribution is 2.36. The Labute approximate surface area is 244 Å². The molecular formula is C34H46O2S2Si. The van der Waals surface area contributed by atoms with Crippen molar-refractivity contribution in [3.8, 4) is 0 Å². The number of epoxide rings is 2. The fraction of sp³-hybridized carbons (Fsp3) is 0.529. The minimum absolute atomic E-state index is 0.703. The third-order valence-corrected chi connectivity index (χ3v) is 17.9. The molecule has 4 unspecified atom stereocenters. The molecule has 4 aliphatic rings. The van der Waals surface area contributed by atoms with E-state index in [1.807, 2.05) is 11.3 Å². The SMILES string of the molecule is C1CCC2OC2C1.C1CCC2OC2C1.CC[Si](CC)(CC)c1cc2ccccc2s1.c1ccc2sccc2c1. The number of hydrogen-bond donors (Lipinski definition) is 0. The van der Waals surface area contributed by atoms with E-state index in [0.29, 0.717) is 24.4 Å². The predicted molar refractivity (Wildman–Crippen MR) is 175 cm³/mol. The molecule has 0 amide bonds. The lowest BCUT2D eigenvalue weighted by atomic mass is 10.0. The van der Waals surface area contributed by atoms with Crippen molar-refractivity contribution in [2.45, 2.75) is 115 Å². The van der Waals surface area contributed by atoms with Gasteiger partial charge in [-0.05, 0) is 70.6 Å². The summed E-state index contributed by atoms with van der Waals surface area (Å²) in [6.45, 7) is 7.14. The van der Waals surface area contributed by atoms with Gasteiger partial charge in [-0.3, -0.25) is 0 Å². The van der Waals surface area contributed by atoms with Gasteiger partial charge in [-0.15, -0.1) is 22.7 Å². The van der Waals surface area contributed by atoms with Gasteiger partial charge in [0.05, 0.1) is 32.5 Å². The van der Waals surface area contributed by atoms with Crippen molar-refractivity contribution in [2.75, 3.05) is 0 Å². The Morgan fingerprint density at radius 3 is 1.59 bits per heavy atom. The summed E-state index contributed by atoms with van der Waals surface area (Å²) < 4.78 is 15.1. The Morgan fingerprint density at radius 1 is 0.641 bits per heavy atom. The van der Waals surface area contributed by atoms with Crippen molar-refractivity contribution in [3.05, 3.63) is 66.0 Å². The average Bonchev–Trinajstić information content (AvgIpc) is 3.86. The minimum Gasteiger partial charge on any atom is -0.370 e. The maximum absolute atomic E-state index is 5.28. The third kappa shape index (κ3) is 7.62. The fourth-order valence-electron chi connectivity index (χ4n) is 6.18. The van der Waals surface area contributed by atoms with E-state index in [1.165, 1.54) is 89.7 Å². The molecule has 4 aromatic rings. The van der Waals surface area contributed by atoms with Crippen LogP contribution in [0.15, 0.2) is 66.0 Å². The second-order valence-corrected chi connectivity index (χ2v) is 19.1. The van der Waals surface area contributed by atoms with Crippen LogP contribution in [0.25, 0.3) is 20.2 Å². The first-order valence-electron chi connectivity index (χ1n) is 15.4. The Balaban J connectivity index is 0.000000113. The summed E-state index contributed by atoms with van der Waals surface area (Å²) in [5.41, 5.74) is 0. The standard InChI is InChI=1S/C14H20SSi.C8H6S.2C6H10O/c1-4-16(5-2,6-3)14-11-12-9-7-8-10-13(12)15-14;1-2-4-8-7(3-1)5-6-9-8;2*1-2-4-6-5(3-1)7-6/h7-11H,4-6H2,1-3H3;1-6H;2*5-6H,1-4H2. The molecule has 0 radical (unpaired) electrons. The van der Waals surface area contributed by atoms with Crippen LogP contribution in [-0.4, -0.2) is 32.5 Å². The Kier molecular flexibility index (Phi) is 10.3. The van der Waals surface area contributed by atoms with Gasteiger partial charge in [0.2, 0.25) is 0 Å². The number of thiophene rings is 2. The Bertz CT molecular complexity index is 1180. The lowest BCUT2D eigenvalue weighted by Gasteiger charge is -2.26. The molecule has 0 bridgehead atoms. The van der Waals surface area contributed by atoms with Gasteiger partial charge >= 0.3 is 0 Å². The number of ether oxygens (including phenoxy) is 2. The summed E-state index contributed by atoms with van der Waals surface area (Å²) in [6.07, 6.45) is 13.8. The summed E-state index contributed by atoms with van der Waals surface area (Å²) in [5.74, 6) is 0. The van der Waals surface area contributed by atoms with Crippen LogP contribution in [0.2, 0.25) is 18.1 Å². The van der Waals surface area contributed by atoms with Crippen LogP contribution in [0.5, 0.6) is 0 Å². The Morgan fingerprint density at radius 2 is 1.13 bits per heavy atom. The number of benzene rings is 2. The smallest absolute Gasteiger partial charge is 0.0987 e. The molecule has 2 saturated carbocycles. The predicted octanol–water partition coefficient (Wildman–Crippen LogP) is 10.2. The summed E-state index contributed by atoms with van der Waals surface area (Å²) in [5, 5.41) is 4.90. The van der Waals surface area contributed by atoms with Gasteiger partial charge in [-0.1, -0.05) is 101 Å². The van der Waals surface area contributed by atoms with Gasteiger partial charge in [0.1, 0.15) is 0 Å². The number of fused-ring (bicyclic) bond motifs is 4. The lowest BCUT2D eigenvalue weighted by molar-refractivity contribution is 0.372. The molecule has 39 heavy (non-hydrogen) atoms. The van der Waals surface area contributed by atoms with Gasteiger partial charge in [-0.25, -0.2) is 0 Å². The van der Waals surface area contributed by atoms with E-state index in [-0.39, 0.29) is 0 Å². The maximum atomic E-state index is 5.28. The molecule has 2 nitrogen and oxygen atoms in total. The van der Waals surface area contributed by atoms with Crippen LogP contribution in [-0.2, 0) is 9.47 Å². The zero-order valence-corrected chi connectivity index (χ0v) is 26.7. The van der Waals surface area contributed by atoms with Gasteiger partial charge in [0.15, 0.2) is 0 Å². The first kappa shape index (κ1) is 29.0. The van der Waals surface area contributed by atoms with Crippen molar-refractivity contribution in [1.82, 2.24) is 0 Å². The maximum Gasteiger partial charge on any atom is 0.0987 e. The zero-order chi connectivity index (χ0) is 27.1. The second kappa shape index (κ2) is 13.9. The van der Waals surface area contributed by atoms with Crippen LogP contribution >= 0.6 is 22.7 Å². The highest BCUT2D eigenvalue weighted by molar-refractivity contribution is 7.31. The third-order valence-electron chi connectivity index (χ3n) is 9.17. The molecule has 2 aliphatic heterocycles. The first-order chi connectivity index (χ1) is 19.2. The summed E-state index contributed by atoms with van der Waals surface area (Å²) in [6, 6.07) is 25.9. The van der Waals surface area contributed by atoms with E-state index in [1.54, 1.807) is 15.8 Å². The van der Waals surface area contributed by atoms with Crippen LogP contribution in [0.3, 0.4) is 0 Å². The highest BCUT2D eigenvalue weighted by Gasteiger charge is 2.40. The van der Waals surface area contributed by atoms with Gasteiger partial charge in [0.25, 0.3) is 0 Å². The van der Waals surface area contributed by atoms with Gasteiger partial charge in [0, 0.05) is 9.40 Å². The van der Waals surface area contributed by atoms with Crippen LogP contribution in [0, 0.1) is 0 Å². The fourth-order valence-corrected chi connectivity index (χ4v) is 13.3. The number of rotatable bonds is 4. The van der Waals surface area contributed by atoms with Crippen LogP contribution in [0.1, 0.15) is 72.1 Å². The van der Waals surface area contributed by atoms with Crippen LogP contribution in [0.4, 0.5) is 0 Å². The average molecular weight is 579 g/mol. The van der Waals surface area contributed by atoms with E-state index in [2.05, 4.69) is 86.8 Å². The van der Waals surface area contributed by atoms with Crippen molar-refractivity contribution in [1.29, 1.82) is 0 Å². The zero-order valence-electron chi connectivity index (χ0n) is 24.1. The van der Waals surface area contributed by atoms with E-state index in [4.69, 9.17) is 9.47 Å². The molecule has 0 spiro atoms. The molecule has 2 aromatic carbocycles. The molecule has 2 aromatic heterocycles. The largest absolute Gasteiger partial charge is 0.370 e. The molecule has 210 valence electrons. The van der Waals surface area contributed by atoms with Crippen molar-refractivity contribution in [3.63, 3.8) is 0 Å². The van der Waals surface area contributed by atoms with Gasteiger partial charge < -0.3 is 9.47 Å². The van der Waals surface area contributed by atoms with Crippen LogP contribution < -0.4 is 4.50 Å². The molecule has 0 N–H and O–H groups in total. The van der Waals surface area contributed by atoms with Crippen molar-refractivity contribution < 1.29 is 9.47 Å². The molecule has 2 aliphatic carbocycles. The molecule has 5 heteroatoms. The summed E-state index contributed by atoms with van der Waals surface area (Å²) in [4.78, 5) is 0. The van der Waals surface area contributed by atoms with E-state index in [0.717, 1.165) is 0 Å². The topological polar surface area (TPSA) is 25.1 Å². The van der Waals surface area contributed by atoms with Gasteiger partial charge in [-0.2, -0.15) is 0 Å². The second-order valence-electron chi connectivity index (χ2n) is 11.4. The summed E-state index contributed by atoms with van der Waals surface area (Å²) >= 11 is 3.83. The van der Waals surface area contributed by atoms with Crippen molar-refractivity contribution >= 4 is 55.4 Å². The van der Waals surface area contributed by atoms with E-state index >= 15 is 0 Å². The first-order valence-corrected chi connectivity index (χ1v) is 19.7. The minimum atomic E-state index is -1.16. The Hall–Kier alpha value is -1.50. The lowest BCUT2D eigenvalue weighted by Crippen LogP contribution is -2.43.